The van der Waals surface area contributed by atoms with Crippen molar-refractivity contribution < 1.29 is 9.18 Å². The molecule has 1 amide bonds. The van der Waals surface area contributed by atoms with E-state index in [1.165, 1.54) is 16.8 Å². The summed E-state index contributed by atoms with van der Waals surface area (Å²) in [6, 6.07) is 5.63. The van der Waals surface area contributed by atoms with Crippen molar-refractivity contribution in [3.8, 4) is 0 Å². The van der Waals surface area contributed by atoms with E-state index in [0.29, 0.717) is 18.8 Å². The Labute approximate surface area is 128 Å². The van der Waals surface area contributed by atoms with Gasteiger partial charge in [-0.05, 0) is 41.5 Å². The Balaban J connectivity index is 2.18. The molecule has 7 heteroatoms. The van der Waals surface area contributed by atoms with Gasteiger partial charge in [-0.2, -0.15) is 0 Å². The van der Waals surface area contributed by atoms with E-state index >= 15 is 0 Å². The smallest absolute Gasteiger partial charge is 0.245 e. The number of rotatable bonds is 7. The quantitative estimate of drug-likeness (QED) is 0.792. The van der Waals surface area contributed by atoms with Crippen molar-refractivity contribution in [1.29, 1.82) is 0 Å². The lowest BCUT2D eigenvalue weighted by atomic mass is 10.0. The van der Waals surface area contributed by atoms with Crippen molar-refractivity contribution in [2.24, 2.45) is 0 Å². The molecule has 6 nitrogen and oxygen atoms in total. The Kier molecular flexibility index (Phi) is 5.57. The second-order valence-electron chi connectivity index (χ2n) is 5.17. The molecule has 0 aliphatic rings. The average molecular weight is 305 g/mol. The van der Waals surface area contributed by atoms with E-state index in [9.17, 15) is 9.18 Å². The first-order valence-corrected chi connectivity index (χ1v) is 7.38. The monoisotopic (exact) mass is 305 g/mol. The second-order valence-corrected chi connectivity index (χ2v) is 5.17. The van der Waals surface area contributed by atoms with Gasteiger partial charge in [-0.25, -0.2) is 9.07 Å². The lowest BCUT2D eigenvalue weighted by Crippen LogP contribution is -2.35. The van der Waals surface area contributed by atoms with Crippen molar-refractivity contribution in [3.05, 3.63) is 41.5 Å². The highest BCUT2D eigenvalue weighted by atomic mass is 19.1. The highest BCUT2D eigenvalue weighted by Gasteiger charge is 2.24. The Morgan fingerprint density at radius 1 is 1.45 bits per heavy atom. The number of hydrogen-bond acceptors (Lipinski definition) is 4. The van der Waals surface area contributed by atoms with E-state index < -0.39 is 6.04 Å². The van der Waals surface area contributed by atoms with Crippen LogP contribution in [0.25, 0.3) is 0 Å². The third-order valence-electron chi connectivity index (χ3n) is 3.40. The first-order valence-electron chi connectivity index (χ1n) is 7.38. The number of nitrogens with one attached hydrogen (secondary N) is 1. The molecule has 1 N–H and O–H groups in total. The van der Waals surface area contributed by atoms with Crippen LogP contribution in [0.2, 0.25) is 0 Å². The fourth-order valence-corrected chi connectivity index (χ4v) is 2.21. The number of tetrazole rings is 1. The molecule has 1 atom stereocenters. The fraction of sp³-hybridized carbons (Fsp3) is 0.467. The van der Waals surface area contributed by atoms with E-state index in [1.807, 2.05) is 0 Å². The summed E-state index contributed by atoms with van der Waals surface area (Å²) in [5.74, 6) is 0.0660. The molecule has 0 aliphatic carbocycles. The van der Waals surface area contributed by atoms with Crippen LogP contribution < -0.4 is 5.32 Å². The van der Waals surface area contributed by atoms with E-state index in [1.54, 1.807) is 19.1 Å². The summed E-state index contributed by atoms with van der Waals surface area (Å²) in [6.07, 6.45) is 2.24. The zero-order valence-electron chi connectivity index (χ0n) is 12.8. The predicted octanol–water partition coefficient (Wildman–Crippen LogP) is 1.82. The van der Waals surface area contributed by atoms with Gasteiger partial charge in [0.25, 0.3) is 0 Å². The summed E-state index contributed by atoms with van der Waals surface area (Å²) in [5.41, 5.74) is 0.727. The molecule has 0 saturated heterocycles. The third-order valence-corrected chi connectivity index (χ3v) is 3.40. The predicted molar refractivity (Wildman–Crippen MR) is 79.6 cm³/mol. The minimum absolute atomic E-state index is 0.159. The molecular formula is C15H20FN5O. The number of amides is 1. The Morgan fingerprint density at radius 2 is 2.27 bits per heavy atom. The lowest BCUT2D eigenvalue weighted by Gasteiger charge is -2.17. The van der Waals surface area contributed by atoms with Crippen LogP contribution in [0.5, 0.6) is 0 Å². The largest absolute Gasteiger partial charge is 0.354 e. The van der Waals surface area contributed by atoms with Gasteiger partial charge in [0, 0.05) is 13.0 Å². The van der Waals surface area contributed by atoms with Crippen molar-refractivity contribution in [2.75, 3.05) is 6.54 Å². The first kappa shape index (κ1) is 16.1. The number of nitrogens with zero attached hydrogens (tertiary/aromatic N) is 4. The zero-order chi connectivity index (χ0) is 15.9. The van der Waals surface area contributed by atoms with Crippen molar-refractivity contribution >= 4 is 5.91 Å². The van der Waals surface area contributed by atoms with Crippen molar-refractivity contribution in [1.82, 2.24) is 25.5 Å². The Bertz CT molecular complexity index is 628. The molecule has 1 heterocycles. The summed E-state index contributed by atoms with van der Waals surface area (Å²) >= 11 is 0. The van der Waals surface area contributed by atoms with Crippen LogP contribution in [-0.2, 0) is 11.2 Å². The lowest BCUT2D eigenvalue weighted by molar-refractivity contribution is -0.124. The molecule has 0 bridgehead atoms. The van der Waals surface area contributed by atoms with Gasteiger partial charge >= 0.3 is 0 Å². The summed E-state index contributed by atoms with van der Waals surface area (Å²) < 4.78 is 14.8. The molecule has 0 radical (unpaired) electrons. The number of halogens is 1. The normalized spacial score (nSPS) is 12.1. The van der Waals surface area contributed by atoms with Gasteiger partial charge in [0.05, 0.1) is 0 Å². The summed E-state index contributed by atoms with van der Waals surface area (Å²) in [5, 5.41) is 14.2. The van der Waals surface area contributed by atoms with Crippen LogP contribution in [0, 0.1) is 12.7 Å². The van der Waals surface area contributed by atoms with Crippen molar-refractivity contribution in [3.63, 3.8) is 0 Å². The Morgan fingerprint density at radius 3 is 2.91 bits per heavy atom. The first-order chi connectivity index (χ1) is 10.6. The maximum atomic E-state index is 13.3. The van der Waals surface area contributed by atoms with Gasteiger partial charge in [-0.15, -0.1) is 5.10 Å². The molecule has 0 unspecified atom stereocenters. The molecule has 118 valence electrons. The van der Waals surface area contributed by atoms with E-state index in [2.05, 4.69) is 27.8 Å². The molecule has 1 aromatic heterocycles. The molecule has 0 fully saturated rings. The van der Waals surface area contributed by atoms with Gasteiger partial charge in [-0.1, -0.05) is 25.5 Å². The number of carbonyl (C=O) groups is 1. The van der Waals surface area contributed by atoms with E-state index in [0.717, 1.165) is 18.4 Å². The van der Waals surface area contributed by atoms with E-state index in [-0.39, 0.29) is 11.7 Å². The summed E-state index contributed by atoms with van der Waals surface area (Å²) in [6.45, 7) is 4.40. The molecule has 1 aromatic carbocycles. The van der Waals surface area contributed by atoms with Gasteiger partial charge < -0.3 is 5.32 Å². The summed E-state index contributed by atoms with van der Waals surface area (Å²) in [7, 11) is 0. The molecule has 22 heavy (non-hydrogen) atoms. The number of carbonyl (C=O) groups excluding carboxylic acids is 1. The maximum Gasteiger partial charge on any atom is 0.245 e. The minimum Gasteiger partial charge on any atom is -0.354 e. The van der Waals surface area contributed by atoms with Crippen LogP contribution in [0.3, 0.4) is 0 Å². The number of unbranched alkanes of at least 4 members (excludes halogenated alkanes) is 1. The van der Waals surface area contributed by atoms with Gasteiger partial charge in [0.15, 0.2) is 0 Å². The van der Waals surface area contributed by atoms with Crippen LogP contribution in [0.1, 0.15) is 37.2 Å². The standard InChI is InChI=1S/C15H20FN5O/c1-3-4-8-17-15(22)14(21-11(2)18-19-20-21)10-12-6-5-7-13(16)9-12/h5-7,9,14H,3-4,8,10H2,1-2H3,(H,17,22)/t14-/m1/s1. The molecule has 0 aliphatic heterocycles. The second kappa shape index (κ2) is 7.63. The molecule has 0 spiro atoms. The fourth-order valence-electron chi connectivity index (χ4n) is 2.21. The molecule has 2 rings (SSSR count). The highest BCUT2D eigenvalue weighted by molar-refractivity contribution is 5.80. The number of benzene rings is 1. The number of hydrogen-bond donors (Lipinski definition) is 1. The Hall–Kier alpha value is -2.31. The van der Waals surface area contributed by atoms with Crippen LogP contribution >= 0.6 is 0 Å². The third kappa shape index (κ3) is 4.09. The zero-order valence-corrected chi connectivity index (χ0v) is 12.8. The minimum atomic E-state index is -0.589. The van der Waals surface area contributed by atoms with Gasteiger partial charge in [-0.3, -0.25) is 4.79 Å². The molecule has 0 saturated carbocycles. The highest BCUT2D eigenvalue weighted by Crippen LogP contribution is 2.16. The number of aryl methyl sites for hydroxylation is 1. The number of aromatic nitrogens is 4. The molecular weight excluding hydrogens is 285 g/mol. The van der Waals surface area contributed by atoms with Crippen molar-refractivity contribution in [2.45, 2.75) is 39.2 Å². The van der Waals surface area contributed by atoms with Gasteiger partial charge in [0.2, 0.25) is 5.91 Å². The SMILES string of the molecule is CCCCNC(=O)[C@@H](Cc1cccc(F)c1)n1nnnc1C. The molecule has 2 aromatic rings. The van der Waals surface area contributed by atoms with Gasteiger partial charge in [0.1, 0.15) is 17.7 Å². The van der Waals surface area contributed by atoms with Crippen LogP contribution in [0.4, 0.5) is 4.39 Å². The average Bonchev–Trinajstić information content (AvgIpc) is 2.91. The van der Waals surface area contributed by atoms with Crippen LogP contribution in [-0.4, -0.2) is 32.7 Å². The maximum absolute atomic E-state index is 13.3. The summed E-state index contributed by atoms with van der Waals surface area (Å²) in [4.78, 5) is 12.4. The van der Waals surface area contributed by atoms with E-state index in [4.69, 9.17) is 0 Å². The topological polar surface area (TPSA) is 72.7 Å². The van der Waals surface area contributed by atoms with Crippen LogP contribution in [0.15, 0.2) is 24.3 Å².